The molecule has 0 fully saturated rings. The van der Waals surface area contributed by atoms with Crippen LogP contribution in [-0.4, -0.2) is 32.8 Å². The minimum Gasteiger partial charge on any atom is -0.490 e. The van der Waals surface area contributed by atoms with Gasteiger partial charge in [-0.3, -0.25) is 4.99 Å². The Kier molecular flexibility index (Phi) is 13.2. The number of ether oxygens (including phenoxy) is 2. The van der Waals surface area contributed by atoms with Gasteiger partial charge in [-0.15, -0.1) is 24.0 Å². The van der Waals surface area contributed by atoms with E-state index in [1.54, 1.807) is 32.2 Å². The van der Waals surface area contributed by atoms with Gasteiger partial charge in [0.2, 0.25) is 0 Å². The minimum atomic E-state index is -2.91. The van der Waals surface area contributed by atoms with E-state index in [-0.39, 0.29) is 29.7 Å². The van der Waals surface area contributed by atoms with E-state index < -0.39 is 6.61 Å². The first kappa shape index (κ1) is 23.7. The van der Waals surface area contributed by atoms with Gasteiger partial charge in [0.25, 0.3) is 0 Å². The second kappa shape index (κ2) is 13.9. The number of nitrogens with zero attached hydrogens (tertiary/aromatic N) is 1. The molecule has 2 N–H and O–H groups in total. The molecule has 0 saturated heterocycles. The van der Waals surface area contributed by atoms with E-state index in [2.05, 4.69) is 27.3 Å². The van der Waals surface area contributed by atoms with Gasteiger partial charge in [0, 0.05) is 25.7 Å². The van der Waals surface area contributed by atoms with Gasteiger partial charge in [0.1, 0.15) is 0 Å². The van der Waals surface area contributed by atoms with Gasteiger partial charge in [0.05, 0.1) is 6.61 Å². The molecule has 0 atom stereocenters. The number of hydrogen-bond acceptors (Lipinski definition) is 3. The Balaban J connectivity index is 0.00000576. The van der Waals surface area contributed by atoms with Gasteiger partial charge in [0.15, 0.2) is 17.5 Å². The molecule has 0 bridgehead atoms. The van der Waals surface area contributed by atoms with Crippen LogP contribution in [0.15, 0.2) is 23.2 Å². The third-order valence-electron chi connectivity index (χ3n) is 3.31. The number of benzene rings is 1. The van der Waals surface area contributed by atoms with Crippen LogP contribution in [0.5, 0.6) is 11.5 Å². The lowest BCUT2D eigenvalue weighted by Gasteiger charge is -2.17. The van der Waals surface area contributed by atoms with Crippen LogP contribution in [0, 0.1) is 0 Å². The van der Waals surface area contributed by atoms with Crippen LogP contribution in [-0.2, 0) is 6.54 Å². The van der Waals surface area contributed by atoms with E-state index in [1.807, 2.05) is 0 Å². The molecule has 0 spiro atoms. The zero-order valence-corrected chi connectivity index (χ0v) is 17.3. The predicted molar refractivity (Wildman–Crippen MR) is 107 cm³/mol. The van der Waals surface area contributed by atoms with Gasteiger partial charge < -0.3 is 20.1 Å². The quantitative estimate of drug-likeness (QED) is 0.233. The molecule has 0 aliphatic rings. The molecule has 5 nitrogen and oxygen atoms in total. The summed E-state index contributed by atoms with van der Waals surface area (Å²) in [5, 5.41) is 6.30. The highest BCUT2D eigenvalue weighted by molar-refractivity contribution is 14.0. The van der Waals surface area contributed by atoms with Crippen LogP contribution in [0.1, 0.15) is 38.7 Å². The second-order valence-corrected chi connectivity index (χ2v) is 5.12. The Morgan fingerprint density at radius 2 is 1.96 bits per heavy atom. The van der Waals surface area contributed by atoms with Crippen LogP contribution >= 0.6 is 24.0 Å². The Labute approximate surface area is 165 Å². The van der Waals surface area contributed by atoms with Crippen LogP contribution in [0.4, 0.5) is 8.78 Å². The van der Waals surface area contributed by atoms with Gasteiger partial charge in [-0.2, -0.15) is 8.78 Å². The predicted octanol–water partition coefficient (Wildman–Crippen LogP) is 4.16. The molecule has 8 heteroatoms. The number of para-hydroxylation sites is 1. The fourth-order valence-electron chi connectivity index (χ4n) is 2.17. The van der Waals surface area contributed by atoms with Crippen LogP contribution in [0.3, 0.4) is 0 Å². The average Bonchev–Trinajstić information content (AvgIpc) is 2.56. The van der Waals surface area contributed by atoms with Crippen molar-refractivity contribution < 1.29 is 18.3 Å². The first-order valence-electron chi connectivity index (χ1n) is 8.26. The van der Waals surface area contributed by atoms with Crippen molar-refractivity contribution in [3.63, 3.8) is 0 Å². The summed E-state index contributed by atoms with van der Waals surface area (Å²) in [5.74, 6) is 0.988. The first-order valence-corrected chi connectivity index (χ1v) is 8.26. The molecule has 0 aromatic heterocycles. The van der Waals surface area contributed by atoms with E-state index in [0.717, 1.165) is 25.8 Å². The maximum atomic E-state index is 12.7. The number of hydrogen-bond donors (Lipinski definition) is 2. The Morgan fingerprint density at radius 3 is 2.56 bits per heavy atom. The number of halogens is 3. The summed E-state index contributed by atoms with van der Waals surface area (Å²) in [6, 6.07) is 5.08. The topological polar surface area (TPSA) is 54.9 Å². The van der Waals surface area contributed by atoms with Crippen molar-refractivity contribution in [3.8, 4) is 11.5 Å². The summed E-state index contributed by atoms with van der Waals surface area (Å²) >= 11 is 0. The fraction of sp³-hybridized carbons (Fsp3) is 0.588. The summed E-state index contributed by atoms with van der Waals surface area (Å²) in [6.07, 6.45) is 3.34. The SMILES string of the molecule is CCCCCNC(=NC)NCc1cccc(OCC)c1OC(F)F.I. The highest BCUT2D eigenvalue weighted by atomic mass is 127. The lowest BCUT2D eigenvalue weighted by atomic mass is 10.2. The minimum absolute atomic E-state index is 0. The number of unbranched alkanes of at least 4 members (excludes halogenated alkanes) is 2. The van der Waals surface area contributed by atoms with E-state index in [1.165, 1.54) is 0 Å². The van der Waals surface area contributed by atoms with E-state index in [4.69, 9.17) is 4.74 Å². The summed E-state index contributed by atoms with van der Waals surface area (Å²) in [7, 11) is 1.67. The Bertz CT molecular complexity index is 517. The molecule has 1 aromatic rings. The van der Waals surface area contributed by atoms with Crippen molar-refractivity contribution in [2.75, 3.05) is 20.2 Å². The maximum Gasteiger partial charge on any atom is 0.387 e. The average molecular weight is 471 g/mol. The molecule has 25 heavy (non-hydrogen) atoms. The standard InChI is InChI=1S/C17H27F2N3O2.HI/c1-4-6-7-11-21-17(20-3)22-12-13-9-8-10-14(23-5-2)15(13)24-16(18)19;/h8-10,16H,4-7,11-12H2,1-3H3,(H2,20,21,22);1H. The van der Waals surface area contributed by atoms with Crippen molar-refractivity contribution in [2.24, 2.45) is 4.99 Å². The zero-order chi connectivity index (χ0) is 17.8. The molecule has 0 radical (unpaired) electrons. The molecular weight excluding hydrogens is 443 g/mol. The van der Waals surface area contributed by atoms with Crippen molar-refractivity contribution in [1.29, 1.82) is 0 Å². The van der Waals surface area contributed by atoms with E-state index in [9.17, 15) is 8.78 Å². The van der Waals surface area contributed by atoms with Crippen LogP contribution < -0.4 is 20.1 Å². The van der Waals surface area contributed by atoms with Crippen molar-refractivity contribution >= 4 is 29.9 Å². The number of aliphatic imine (C=N–C) groups is 1. The smallest absolute Gasteiger partial charge is 0.387 e. The third-order valence-corrected chi connectivity index (χ3v) is 3.31. The summed E-state index contributed by atoms with van der Waals surface area (Å²) in [6.45, 7) is 2.51. The Morgan fingerprint density at radius 1 is 1.20 bits per heavy atom. The highest BCUT2D eigenvalue weighted by Gasteiger charge is 2.15. The van der Waals surface area contributed by atoms with E-state index in [0.29, 0.717) is 30.4 Å². The molecule has 1 rings (SSSR count). The monoisotopic (exact) mass is 471 g/mol. The molecule has 0 unspecified atom stereocenters. The van der Waals surface area contributed by atoms with Crippen molar-refractivity contribution in [3.05, 3.63) is 23.8 Å². The number of rotatable bonds is 10. The Hall–Kier alpha value is -1.32. The number of alkyl halides is 2. The largest absolute Gasteiger partial charge is 0.490 e. The molecule has 0 aliphatic carbocycles. The van der Waals surface area contributed by atoms with Crippen molar-refractivity contribution in [1.82, 2.24) is 10.6 Å². The number of guanidine groups is 1. The molecule has 0 heterocycles. The molecule has 1 aromatic carbocycles. The summed E-state index contributed by atoms with van der Waals surface area (Å²) in [4.78, 5) is 4.12. The fourth-order valence-corrected chi connectivity index (χ4v) is 2.17. The van der Waals surface area contributed by atoms with Crippen LogP contribution in [0.25, 0.3) is 0 Å². The molecule has 0 aliphatic heterocycles. The molecule has 0 amide bonds. The van der Waals surface area contributed by atoms with Crippen LogP contribution in [0.2, 0.25) is 0 Å². The lowest BCUT2D eigenvalue weighted by Crippen LogP contribution is -2.37. The maximum absolute atomic E-state index is 12.7. The molecule has 144 valence electrons. The lowest BCUT2D eigenvalue weighted by molar-refractivity contribution is -0.0520. The molecule has 0 saturated carbocycles. The van der Waals surface area contributed by atoms with Gasteiger partial charge >= 0.3 is 6.61 Å². The zero-order valence-electron chi connectivity index (χ0n) is 15.0. The van der Waals surface area contributed by atoms with E-state index >= 15 is 0 Å². The van der Waals surface area contributed by atoms with Gasteiger partial charge in [-0.1, -0.05) is 31.9 Å². The van der Waals surface area contributed by atoms with Crippen molar-refractivity contribution in [2.45, 2.75) is 46.3 Å². The summed E-state index contributed by atoms with van der Waals surface area (Å²) < 4.78 is 35.4. The second-order valence-electron chi connectivity index (χ2n) is 5.12. The third kappa shape index (κ3) is 9.08. The van der Waals surface area contributed by atoms with Gasteiger partial charge in [-0.25, -0.2) is 0 Å². The molecular formula is C17H28F2IN3O2. The number of nitrogens with one attached hydrogen (secondary N) is 2. The summed E-state index contributed by atoms with van der Waals surface area (Å²) in [5.41, 5.74) is 0.581. The van der Waals surface area contributed by atoms with Gasteiger partial charge in [-0.05, 0) is 19.4 Å². The highest BCUT2D eigenvalue weighted by Crippen LogP contribution is 2.32. The normalized spacial score (nSPS) is 11.0. The first-order chi connectivity index (χ1) is 11.6.